The molecule has 0 bridgehead atoms. The Morgan fingerprint density at radius 1 is 1.28 bits per heavy atom. The lowest BCUT2D eigenvalue weighted by molar-refractivity contribution is -0.108. The fourth-order valence-corrected chi connectivity index (χ4v) is 7.05. The number of hydrogen-bond donors (Lipinski definition) is 3. The molecule has 3 N–H and O–H groups in total. The summed E-state index contributed by atoms with van der Waals surface area (Å²) in [4.78, 5) is 0. The van der Waals surface area contributed by atoms with Crippen LogP contribution >= 0.6 is 0 Å². The summed E-state index contributed by atoms with van der Waals surface area (Å²) in [5.74, 6) is 4.52. The minimum absolute atomic E-state index is 0.184. The molecule has 0 radical (unpaired) electrons. The Balaban J connectivity index is 1.69. The summed E-state index contributed by atoms with van der Waals surface area (Å²) in [6.07, 6.45) is 14.3. The summed E-state index contributed by atoms with van der Waals surface area (Å²) < 4.78 is 0. The molecular formula is C21H29NO3. The van der Waals surface area contributed by atoms with Crippen molar-refractivity contribution in [1.82, 2.24) is 0 Å². The number of rotatable bonds is 1. The van der Waals surface area contributed by atoms with Crippen molar-refractivity contribution in [1.29, 1.82) is 0 Å². The van der Waals surface area contributed by atoms with Gasteiger partial charge in [-0.25, -0.2) is 0 Å². The van der Waals surface area contributed by atoms with E-state index in [0.29, 0.717) is 35.8 Å². The molecular weight excluding hydrogens is 314 g/mol. The van der Waals surface area contributed by atoms with Gasteiger partial charge < -0.3 is 15.4 Å². The molecule has 4 heteroatoms. The van der Waals surface area contributed by atoms with Crippen molar-refractivity contribution < 1.29 is 15.4 Å². The van der Waals surface area contributed by atoms with Gasteiger partial charge in [-0.15, -0.1) is 6.42 Å². The third-order valence-electron chi connectivity index (χ3n) is 8.21. The van der Waals surface area contributed by atoms with Gasteiger partial charge >= 0.3 is 0 Å². The van der Waals surface area contributed by atoms with Crippen LogP contribution in [0.1, 0.15) is 58.3 Å². The van der Waals surface area contributed by atoms with Crippen LogP contribution in [0, 0.1) is 41.4 Å². The zero-order chi connectivity index (χ0) is 17.8. The Morgan fingerprint density at radius 2 is 2.08 bits per heavy atom. The van der Waals surface area contributed by atoms with Gasteiger partial charge in [-0.05, 0) is 86.7 Å². The SMILES string of the molecule is C#C[C@]1(O)CCC2C3C[C@@H](O)C4=CC(=NO)CCC4C3CC[C@@]21CC. The summed E-state index contributed by atoms with van der Waals surface area (Å²) >= 11 is 0. The number of aliphatic hydroxyl groups is 2. The second kappa shape index (κ2) is 5.86. The van der Waals surface area contributed by atoms with Gasteiger partial charge in [0.25, 0.3) is 0 Å². The monoisotopic (exact) mass is 343 g/mol. The Morgan fingerprint density at radius 3 is 2.76 bits per heavy atom. The predicted molar refractivity (Wildman–Crippen MR) is 96.1 cm³/mol. The average molecular weight is 343 g/mol. The van der Waals surface area contributed by atoms with Crippen molar-refractivity contribution in [2.75, 3.05) is 0 Å². The first-order chi connectivity index (χ1) is 12.0. The highest BCUT2D eigenvalue weighted by atomic mass is 16.4. The minimum atomic E-state index is -0.984. The van der Waals surface area contributed by atoms with Gasteiger partial charge in [0.05, 0.1) is 11.8 Å². The minimum Gasteiger partial charge on any atom is -0.411 e. The summed E-state index contributed by atoms with van der Waals surface area (Å²) in [6.45, 7) is 2.16. The maximum atomic E-state index is 11.1. The van der Waals surface area contributed by atoms with Crippen LogP contribution in [0.4, 0.5) is 0 Å². The van der Waals surface area contributed by atoms with Crippen molar-refractivity contribution in [3.8, 4) is 12.3 Å². The van der Waals surface area contributed by atoms with Crippen molar-refractivity contribution >= 4 is 5.71 Å². The van der Waals surface area contributed by atoms with Gasteiger partial charge in [0, 0.05) is 5.41 Å². The standard InChI is InChI=1S/C21H29NO3/c1-3-20-9-7-15-14-6-5-13(22-25)11-17(14)19(23)12-16(15)18(20)8-10-21(20,24)4-2/h2,11,14-16,18-19,23-25H,3,5-10,12H2,1H3/t14?,15?,16?,18?,19-,20+,21+/m1/s1. The number of allylic oxidation sites excluding steroid dienone is 1. The van der Waals surface area contributed by atoms with E-state index in [9.17, 15) is 10.2 Å². The molecule has 0 amide bonds. The highest BCUT2D eigenvalue weighted by molar-refractivity contribution is 5.96. The molecule has 3 saturated carbocycles. The zero-order valence-corrected chi connectivity index (χ0v) is 15.0. The van der Waals surface area contributed by atoms with Crippen LogP contribution in [0.3, 0.4) is 0 Å². The van der Waals surface area contributed by atoms with E-state index in [4.69, 9.17) is 11.6 Å². The molecule has 4 unspecified atom stereocenters. The van der Waals surface area contributed by atoms with E-state index in [2.05, 4.69) is 18.0 Å². The van der Waals surface area contributed by atoms with Gasteiger partial charge in [-0.3, -0.25) is 0 Å². The summed E-state index contributed by atoms with van der Waals surface area (Å²) in [7, 11) is 0. The van der Waals surface area contributed by atoms with Crippen LogP contribution in [0.5, 0.6) is 0 Å². The molecule has 0 aliphatic heterocycles. The zero-order valence-electron chi connectivity index (χ0n) is 15.0. The Hall–Kier alpha value is -1.31. The highest BCUT2D eigenvalue weighted by Gasteiger charge is 2.63. The van der Waals surface area contributed by atoms with Gasteiger partial charge in [0.15, 0.2) is 0 Å². The third-order valence-corrected chi connectivity index (χ3v) is 8.21. The van der Waals surface area contributed by atoms with Gasteiger partial charge in [-0.1, -0.05) is 18.0 Å². The van der Waals surface area contributed by atoms with Crippen LogP contribution in [0.15, 0.2) is 16.8 Å². The molecule has 4 nitrogen and oxygen atoms in total. The summed E-state index contributed by atoms with van der Waals surface area (Å²) in [5, 5.41) is 34.4. The van der Waals surface area contributed by atoms with E-state index in [1.165, 1.54) is 0 Å². The smallest absolute Gasteiger partial charge is 0.131 e. The van der Waals surface area contributed by atoms with Crippen LogP contribution in [-0.4, -0.2) is 32.8 Å². The molecule has 0 aromatic carbocycles. The van der Waals surface area contributed by atoms with E-state index >= 15 is 0 Å². The normalized spacial score (nSPS) is 50.4. The van der Waals surface area contributed by atoms with Crippen LogP contribution < -0.4 is 0 Å². The van der Waals surface area contributed by atoms with Crippen molar-refractivity contribution in [3.63, 3.8) is 0 Å². The van der Waals surface area contributed by atoms with Crippen molar-refractivity contribution in [2.24, 2.45) is 34.2 Å². The average Bonchev–Trinajstić information content (AvgIpc) is 2.95. The molecule has 4 aliphatic rings. The fourth-order valence-electron chi connectivity index (χ4n) is 7.05. The summed E-state index contributed by atoms with van der Waals surface area (Å²) in [6, 6.07) is 0. The number of fused-ring (bicyclic) bond motifs is 5. The van der Waals surface area contributed by atoms with E-state index in [1.54, 1.807) is 0 Å². The fraction of sp³-hybridized carbons (Fsp3) is 0.762. The van der Waals surface area contributed by atoms with Gasteiger partial charge in [0.1, 0.15) is 5.60 Å². The maximum Gasteiger partial charge on any atom is 0.131 e. The Labute approximate surface area is 150 Å². The Bertz CT molecular complexity index is 663. The summed E-state index contributed by atoms with van der Waals surface area (Å²) in [5.41, 5.74) is 0.581. The molecule has 0 heterocycles. The van der Waals surface area contributed by atoms with E-state index in [-0.39, 0.29) is 5.41 Å². The van der Waals surface area contributed by atoms with Crippen LogP contribution in [0.25, 0.3) is 0 Å². The molecule has 7 atom stereocenters. The van der Waals surface area contributed by atoms with Crippen LogP contribution in [-0.2, 0) is 0 Å². The molecule has 3 fully saturated rings. The highest BCUT2D eigenvalue weighted by Crippen LogP contribution is 2.66. The number of hydrogen-bond acceptors (Lipinski definition) is 4. The van der Waals surface area contributed by atoms with Gasteiger partial charge in [0.2, 0.25) is 0 Å². The first-order valence-electron chi connectivity index (χ1n) is 9.80. The molecule has 0 aromatic rings. The predicted octanol–water partition coefficient (Wildman–Crippen LogP) is 3.11. The molecule has 0 aromatic heterocycles. The lowest BCUT2D eigenvalue weighted by atomic mass is 9.49. The topological polar surface area (TPSA) is 73.0 Å². The molecule has 136 valence electrons. The van der Waals surface area contributed by atoms with Crippen LogP contribution in [0.2, 0.25) is 0 Å². The second-order valence-corrected chi connectivity index (χ2v) is 8.66. The third kappa shape index (κ3) is 2.18. The number of aliphatic hydroxyl groups excluding tert-OH is 1. The second-order valence-electron chi connectivity index (χ2n) is 8.66. The van der Waals surface area contributed by atoms with E-state index in [0.717, 1.165) is 50.5 Å². The molecule has 4 rings (SSSR count). The van der Waals surface area contributed by atoms with E-state index in [1.807, 2.05) is 6.08 Å². The maximum absolute atomic E-state index is 11.1. The van der Waals surface area contributed by atoms with Crippen molar-refractivity contribution in [3.05, 3.63) is 11.6 Å². The molecule has 4 aliphatic carbocycles. The molecule has 0 spiro atoms. The first-order valence-corrected chi connectivity index (χ1v) is 9.80. The number of terminal acetylenes is 1. The quantitative estimate of drug-likeness (QED) is 0.389. The van der Waals surface area contributed by atoms with Gasteiger partial charge in [-0.2, -0.15) is 0 Å². The molecule has 0 saturated heterocycles. The Kier molecular flexibility index (Phi) is 4.01. The number of oxime groups is 1. The lowest BCUT2D eigenvalue weighted by Crippen LogP contribution is -2.55. The lowest BCUT2D eigenvalue weighted by Gasteiger charge is -2.56. The van der Waals surface area contributed by atoms with Crippen molar-refractivity contribution in [2.45, 2.75) is 70.0 Å². The molecule has 25 heavy (non-hydrogen) atoms. The number of nitrogens with zero attached hydrogens (tertiary/aromatic N) is 1. The first kappa shape index (κ1) is 17.1. The largest absolute Gasteiger partial charge is 0.411 e. The van der Waals surface area contributed by atoms with E-state index < -0.39 is 11.7 Å².